The summed E-state index contributed by atoms with van der Waals surface area (Å²) < 4.78 is 10.9. The Kier molecular flexibility index (Phi) is 3.57. The van der Waals surface area contributed by atoms with Crippen molar-refractivity contribution >= 4 is 5.78 Å². The van der Waals surface area contributed by atoms with Gasteiger partial charge in [-0.25, -0.2) is 0 Å². The Morgan fingerprint density at radius 1 is 1.33 bits per heavy atom. The quantitative estimate of drug-likeness (QED) is 0.831. The van der Waals surface area contributed by atoms with Crippen LogP contribution < -0.4 is 15.2 Å². The molecule has 1 aromatic carbocycles. The van der Waals surface area contributed by atoms with Crippen molar-refractivity contribution in [3.63, 3.8) is 0 Å². The Morgan fingerprint density at radius 3 is 2.67 bits per heavy atom. The highest BCUT2D eigenvalue weighted by Gasteiger charge is 2.29. The zero-order chi connectivity index (χ0) is 13.2. The molecule has 1 atom stereocenters. The fourth-order valence-electron chi connectivity index (χ4n) is 2.15. The summed E-state index contributed by atoms with van der Waals surface area (Å²) in [6.45, 7) is 4.85. The largest absolute Gasteiger partial charge is 0.486 e. The van der Waals surface area contributed by atoms with E-state index < -0.39 is 5.54 Å². The number of ketones is 1. The fourth-order valence-corrected chi connectivity index (χ4v) is 2.15. The minimum atomic E-state index is -0.821. The summed E-state index contributed by atoms with van der Waals surface area (Å²) in [5.41, 5.74) is 5.82. The Bertz CT molecular complexity index is 454. The molecule has 4 heteroatoms. The summed E-state index contributed by atoms with van der Waals surface area (Å²) in [6, 6.07) is 5.23. The van der Waals surface area contributed by atoms with E-state index in [9.17, 15) is 4.79 Å². The van der Waals surface area contributed by atoms with Crippen LogP contribution in [-0.4, -0.2) is 24.5 Å². The molecule has 4 nitrogen and oxygen atoms in total. The minimum Gasteiger partial charge on any atom is -0.486 e. The lowest BCUT2D eigenvalue weighted by molar-refractivity contribution is 0.0892. The number of carbonyl (C=O) groups is 1. The molecule has 1 aliphatic heterocycles. The molecule has 0 saturated heterocycles. The Hall–Kier alpha value is -1.55. The third-order valence-electron chi connectivity index (χ3n) is 3.09. The smallest absolute Gasteiger partial charge is 0.182 e. The molecule has 2 N–H and O–H groups in total. The SMILES string of the molecule is CCCC(C)(N)C(=O)c1ccc2c(c1)OCCO2. The number of carbonyl (C=O) groups excluding carboxylic acids is 1. The highest BCUT2D eigenvalue weighted by Crippen LogP contribution is 2.32. The molecule has 0 spiro atoms. The van der Waals surface area contributed by atoms with Gasteiger partial charge in [0.25, 0.3) is 0 Å². The number of benzene rings is 1. The molecule has 1 unspecified atom stereocenters. The molecule has 98 valence electrons. The first-order valence-electron chi connectivity index (χ1n) is 6.28. The van der Waals surface area contributed by atoms with Crippen molar-refractivity contribution in [1.29, 1.82) is 0 Å². The molecule has 0 amide bonds. The average molecular weight is 249 g/mol. The number of nitrogens with two attached hydrogens (primary N) is 1. The third-order valence-corrected chi connectivity index (χ3v) is 3.09. The maximum atomic E-state index is 12.3. The number of fused-ring (bicyclic) bond motifs is 1. The van der Waals surface area contributed by atoms with Crippen LogP contribution in [0.2, 0.25) is 0 Å². The van der Waals surface area contributed by atoms with E-state index in [-0.39, 0.29) is 5.78 Å². The predicted molar refractivity (Wildman–Crippen MR) is 69.3 cm³/mol. The zero-order valence-electron chi connectivity index (χ0n) is 10.9. The maximum Gasteiger partial charge on any atom is 0.182 e. The predicted octanol–water partition coefficient (Wildman–Crippen LogP) is 2.16. The van der Waals surface area contributed by atoms with Gasteiger partial charge in [-0.1, -0.05) is 13.3 Å². The van der Waals surface area contributed by atoms with Crippen molar-refractivity contribution in [2.24, 2.45) is 5.73 Å². The van der Waals surface area contributed by atoms with Crippen molar-refractivity contribution in [3.05, 3.63) is 23.8 Å². The van der Waals surface area contributed by atoms with Gasteiger partial charge in [0.05, 0.1) is 5.54 Å². The zero-order valence-corrected chi connectivity index (χ0v) is 10.9. The molecule has 0 radical (unpaired) electrons. The second kappa shape index (κ2) is 4.98. The van der Waals surface area contributed by atoms with E-state index >= 15 is 0 Å². The number of hydrogen-bond acceptors (Lipinski definition) is 4. The molecule has 0 aliphatic carbocycles. The molecule has 1 aromatic rings. The van der Waals surface area contributed by atoms with Crippen molar-refractivity contribution in [1.82, 2.24) is 0 Å². The molecule has 2 rings (SSSR count). The Morgan fingerprint density at radius 2 is 2.00 bits per heavy atom. The van der Waals surface area contributed by atoms with Gasteiger partial charge in [-0.05, 0) is 31.5 Å². The second-order valence-electron chi connectivity index (χ2n) is 4.86. The van der Waals surface area contributed by atoms with Crippen LogP contribution in [0.4, 0.5) is 0 Å². The lowest BCUT2D eigenvalue weighted by Gasteiger charge is -2.24. The van der Waals surface area contributed by atoms with E-state index in [4.69, 9.17) is 15.2 Å². The highest BCUT2D eigenvalue weighted by atomic mass is 16.6. The van der Waals surface area contributed by atoms with E-state index in [0.29, 0.717) is 36.7 Å². The van der Waals surface area contributed by atoms with Gasteiger partial charge in [0.2, 0.25) is 0 Å². The van der Waals surface area contributed by atoms with E-state index in [1.807, 2.05) is 6.92 Å². The molecule has 1 heterocycles. The first kappa shape index (κ1) is 12.9. The van der Waals surface area contributed by atoms with Gasteiger partial charge in [0, 0.05) is 5.56 Å². The lowest BCUT2D eigenvalue weighted by atomic mass is 9.88. The normalized spacial score (nSPS) is 17.1. The summed E-state index contributed by atoms with van der Waals surface area (Å²) in [5.74, 6) is 1.26. The molecule has 0 saturated carbocycles. The number of hydrogen-bond donors (Lipinski definition) is 1. The third kappa shape index (κ3) is 2.48. The lowest BCUT2D eigenvalue weighted by Crippen LogP contribution is -2.44. The van der Waals surface area contributed by atoms with Crippen LogP contribution in [-0.2, 0) is 0 Å². The average Bonchev–Trinajstić information content (AvgIpc) is 2.37. The van der Waals surface area contributed by atoms with E-state index in [1.54, 1.807) is 25.1 Å². The summed E-state index contributed by atoms with van der Waals surface area (Å²) in [5, 5.41) is 0. The summed E-state index contributed by atoms with van der Waals surface area (Å²) in [7, 11) is 0. The van der Waals surface area contributed by atoms with E-state index in [1.165, 1.54) is 0 Å². The van der Waals surface area contributed by atoms with Gasteiger partial charge in [0.1, 0.15) is 13.2 Å². The first-order chi connectivity index (χ1) is 8.54. The van der Waals surface area contributed by atoms with Crippen LogP contribution in [0.15, 0.2) is 18.2 Å². The number of ether oxygens (including phenoxy) is 2. The molecule has 0 fully saturated rings. The maximum absolute atomic E-state index is 12.3. The number of rotatable bonds is 4. The van der Waals surface area contributed by atoms with Gasteiger partial charge >= 0.3 is 0 Å². The van der Waals surface area contributed by atoms with Crippen molar-refractivity contribution in [3.8, 4) is 11.5 Å². The van der Waals surface area contributed by atoms with Crippen LogP contribution in [0, 0.1) is 0 Å². The first-order valence-corrected chi connectivity index (χ1v) is 6.28. The van der Waals surface area contributed by atoms with Crippen LogP contribution in [0.1, 0.15) is 37.0 Å². The van der Waals surface area contributed by atoms with E-state index in [0.717, 1.165) is 6.42 Å². The van der Waals surface area contributed by atoms with Crippen molar-refractivity contribution < 1.29 is 14.3 Å². The van der Waals surface area contributed by atoms with Gasteiger partial charge in [-0.15, -0.1) is 0 Å². The van der Waals surface area contributed by atoms with Crippen LogP contribution in [0.25, 0.3) is 0 Å². The minimum absolute atomic E-state index is 0.0543. The summed E-state index contributed by atoms with van der Waals surface area (Å²) in [4.78, 5) is 12.3. The Balaban J connectivity index is 2.26. The molecular weight excluding hydrogens is 230 g/mol. The molecule has 0 bridgehead atoms. The van der Waals surface area contributed by atoms with Gasteiger partial charge in [0.15, 0.2) is 17.3 Å². The van der Waals surface area contributed by atoms with Gasteiger partial charge in [-0.2, -0.15) is 0 Å². The fraction of sp³-hybridized carbons (Fsp3) is 0.500. The summed E-state index contributed by atoms with van der Waals surface area (Å²) >= 11 is 0. The van der Waals surface area contributed by atoms with Crippen LogP contribution >= 0.6 is 0 Å². The molecule has 0 aromatic heterocycles. The number of Topliss-reactive ketones (excluding diaryl/α,β-unsaturated/α-hetero) is 1. The second-order valence-corrected chi connectivity index (χ2v) is 4.86. The van der Waals surface area contributed by atoms with Gasteiger partial charge < -0.3 is 15.2 Å². The summed E-state index contributed by atoms with van der Waals surface area (Å²) in [6.07, 6.45) is 1.55. The molecule has 1 aliphatic rings. The van der Waals surface area contributed by atoms with Crippen LogP contribution in [0.5, 0.6) is 11.5 Å². The van der Waals surface area contributed by atoms with Crippen LogP contribution in [0.3, 0.4) is 0 Å². The van der Waals surface area contributed by atoms with Crippen molar-refractivity contribution in [2.75, 3.05) is 13.2 Å². The van der Waals surface area contributed by atoms with Crippen molar-refractivity contribution in [2.45, 2.75) is 32.2 Å². The molecular formula is C14H19NO3. The molecule has 18 heavy (non-hydrogen) atoms. The Labute approximate surface area is 107 Å². The van der Waals surface area contributed by atoms with Gasteiger partial charge in [-0.3, -0.25) is 4.79 Å². The monoisotopic (exact) mass is 249 g/mol. The topological polar surface area (TPSA) is 61.6 Å². The van der Waals surface area contributed by atoms with E-state index in [2.05, 4.69) is 0 Å². The highest BCUT2D eigenvalue weighted by molar-refractivity contribution is 6.03. The standard InChI is InChI=1S/C14H19NO3/c1-3-6-14(2,15)13(16)10-4-5-11-12(9-10)18-8-7-17-11/h4-5,9H,3,6-8,15H2,1-2H3.